The number of non-ortho nitro benzene ring substituents is 1. The molecule has 0 amide bonds. The molecule has 0 aliphatic rings. The number of aromatic nitrogens is 2. The molecule has 1 aromatic carbocycles. The van der Waals surface area contributed by atoms with Crippen molar-refractivity contribution in [2.75, 3.05) is 0 Å². The summed E-state index contributed by atoms with van der Waals surface area (Å²) in [6, 6.07) is 4.70. The van der Waals surface area contributed by atoms with Gasteiger partial charge in [-0.15, -0.1) is 0 Å². The van der Waals surface area contributed by atoms with Crippen molar-refractivity contribution in [3.05, 3.63) is 50.7 Å². The number of benzene rings is 1. The highest BCUT2D eigenvalue weighted by molar-refractivity contribution is 9.10. The van der Waals surface area contributed by atoms with E-state index in [1.807, 2.05) is 0 Å². The molecule has 88 valence electrons. The zero-order valence-electron chi connectivity index (χ0n) is 8.51. The molecule has 0 unspecified atom stereocenters. The van der Waals surface area contributed by atoms with E-state index in [9.17, 15) is 10.1 Å². The first-order valence-corrected chi connectivity index (χ1v) is 6.57. The minimum Gasteiger partial charge on any atom is -0.258 e. The number of nitro benzene ring substituents is 1. The molecule has 0 N–H and O–H groups in total. The summed E-state index contributed by atoms with van der Waals surface area (Å²) in [5.74, 6) is 0. The Balaban J connectivity index is 2.51. The molecule has 0 aliphatic carbocycles. The zero-order chi connectivity index (χ0) is 12.4. The smallest absolute Gasteiger partial charge is 0.258 e. The lowest BCUT2D eigenvalue weighted by molar-refractivity contribution is -0.384. The van der Waals surface area contributed by atoms with Crippen molar-refractivity contribution in [3.63, 3.8) is 0 Å². The fourth-order valence-corrected chi connectivity index (χ4v) is 2.18. The van der Waals surface area contributed by atoms with Crippen LogP contribution in [0.25, 0.3) is 5.69 Å². The zero-order valence-corrected chi connectivity index (χ0v) is 11.7. The van der Waals surface area contributed by atoms with Gasteiger partial charge in [0.1, 0.15) is 0 Å². The van der Waals surface area contributed by atoms with Gasteiger partial charge in [0.05, 0.1) is 21.3 Å². The fourth-order valence-electron chi connectivity index (χ4n) is 1.45. The first-order chi connectivity index (χ1) is 8.11. The molecule has 0 atom stereocenters. The summed E-state index contributed by atoms with van der Waals surface area (Å²) < 4.78 is 2.53. The molecule has 0 aliphatic heterocycles. The maximum Gasteiger partial charge on any atom is 0.269 e. The quantitative estimate of drug-likeness (QED) is 0.478. The molecule has 0 saturated heterocycles. The molecule has 5 nitrogen and oxygen atoms in total. The van der Waals surface area contributed by atoms with Crippen LogP contribution in [0.4, 0.5) is 5.69 Å². The van der Waals surface area contributed by atoms with E-state index in [2.05, 4.69) is 37.0 Å². The summed E-state index contributed by atoms with van der Waals surface area (Å²) in [5, 5.41) is 15.4. The average Bonchev–Trinajstić information content (AvgIpc) is 2.74. The molecular weight excluding hydrogens is 354 g/mol. The summed E-state index contributed by atoms with van der Waals surface area (Å²) in [6.07, 6.45) is 3.47. The number of hydrogen-bond acceptors (Lipinski definition) is 3. The maximum absolute atomic E-state index is 10.7. The van der Waals surface area contributed by atoms with Gasteiger partial charge in [0.15, 0.2) is 0 Å². The van der Waals surface area contributed by atoms with E-state index in [1.165, 1.54) is 6.07 Å². The molecule has 0 fully saturated rings. The Morgan fingerprint density at radius 3 is 2.76 bits per heavy atom. The van der Waals surface area contributed by atoms with E-state index in [0.29, 0.717) is 5.33 Å². The Morgan fingerprint density at radius 2 is 2.24 bits per heavy atom. The second-order valence-corrected chi connectivity index (χ2v) is 4.78. The van der Waals surface area contributed by atoms with E-state index >= 15 is 0 Å². The minimum atomic E-state index is -0.408. The Morgan fingerprint density at radius 1 is 1.47 bits per heavy atom. The van der Waals surface area contributed by atoms with Crippen molar-refractivity contribution in [1.82, 2.24) is 9.78 Å². The summed E-state index contributed by atoms with van der Waals surface area (Å²) in [7, 11) is 0. The van der Waals surface area contributed by atoms with Gasteiger partial charge < -0.3 is 0 Å². The van der Waals surface area contributed by atoms with Gasteiger partial charge in [-0.2, -0.15) is 5.10 Å². The minimum absolute atomic E-state index is 0.0782. The second kappa shape index (κ2) is 4.97. The lowest BCUT2D eigenvalue weighted by Crippen LogP contribution is -2.00. The molecule has 2 rings (SSSR count). The van der Waals surface area contributed by atoms with E-state index in [4.69, 9.17) is 0 Å². The van der Waals surface area contributed by atoms with Crippen molar-refractivity contribution in [1.29, 1.82) is 0 Å². The number of nitro groups is 1. The third kappa shape index (κ3) is 2.55. The topological polar surface area (TPSA) is 61.0 Å². The van der Waals surface area contributed by atoms with Gasteiger partial charge >= 0.3 is 0 Å². The van der Waals surface area contributed by atoms with Gasteiger partial charge in [-0.05, 0) is 27.6 Å². The van der Waals surface area contributed by atoms with E-state index in [0.717, 1.165) is 15.7 Å². The molecule has 0 bridgehead atoms. The molecule has 0 saturated carbocycles. The van der Waals surface area contributed by atoms with Crippen molar-refractivity contribution in [2.45, 2.75) is 5.33 Å². The van der Waals surface area contributed by atoms with Gasteiger partial charge in [-0.25, -0.2) is 4.68 Å². The number of rotatable bonds is 3. The molecule has 0 spiro atoms. The molecule has 1 heterocycles. The first kappa shape index (κ1) is 12.3. The van der Waals surface area contributed by atoms with Crippen LogP contribution in [0.3, 0.4) is 0 Å². The van der Waals surface area contributed by atoms with Crippen LogP contribution < -0.4 is 0 Å². The molecule has 1 aromatic heterocycles. The Bertz CT molecular complexity index is 568. The Labute approximate surface area is 114 Å². The third-order valence-corrected chi connectivity index (χ3v) is 3.23. The van der Waals surface area contributed by atoms with Gasteiger partial charge in [0.2, 0.25) is 0 Å². The number of nitrogens with zero attached hydrogens (tertiary/aromatic N) is 3. The van der Waals surface area contributed by atoms with Gasteiger partial charge in [0, 0.05) is 23.7 Å². The lowest BCUT2D eigenvalue weighted by atomic mass is 10.2. The first-order valence-electron chi connectivity index (χ1n) is 4.65. The maximum atomic E-state index is 10.7. The van der Waals surface area contributed by atoms with E-state index in [1.54, 1.807) is 29.2 Å². The molecule has 17 heavy (non-hydrogen) atoms. The monoisotopic (exact) mass is 359 g/mol. The number of halogens is 2. The summed E-state index contributed by atoms with van der Waals surface area (Å²) >= 11 is 6.63. The highest BCUT2D eigenvalue weighted by atomic mass is 79.9. The highest BCUT2D eigenvalue weighted by Crippen LogP contribution is 2.23. The Kier molecular flexibility index (Phi) is 3.58. The van der Waals surface area contributed by atoms with Crippen LogP contribution in [-0.4, -0.2) is 14.7 Å². The summed E-state index contributed by atoms with van der Waals surface area (Å²) in [4.78, 5) is 10.3. The van der Waals surface area contributed by atoms with Crippen molar-refractivity contribution in [2.24, 2.45) is 0 Å². The van der Waals surface area contributed by atoms with E-state index in [-0.39, 0.29) is 5.69 Å². The van der Waals surface area contributed by atoms with Gasteiger partial charge in [-0.3, -0.25) is 10.1 Å². The van der Waals surface area contributed by atoms with Gasteiger partial charge in [-0.1, -0.05) is 15.9 Å². The number of alkyl halides is 1. The van der Waals surface area contributed by atoms with Crippen LogP contribution in [0.1, 0.15) is 5.56 Å². The summed E-state index contributed by atoms with van der Waals surface area (Å²) in [5.41, 5.74) is 1.71. The van der Waals surface area contributed by atoms with Crippen LogP contribution in [-0.2, 0) is 5.33 Å². The standard InChI is InChI=1S/C10H7Br2N3O2/c11-4-7-3-9(15(16)17)1-2-10(7)14-6-8(12)5-13-14/h1-3,5-6H,4H2. The predicted molar refractivity (Wildman–Crippen MR) is 70.5 cm³/mol. The molecule has 2 aromatic rings. The van der Waals surface area contributed by atoms with Crippen LogP contribution in [0.5, 0.6) is 0 Å². The highest BCUT2D eigenvalue weighted by Gasteiger charge is 2.11. The van der Waals surface area contributed by atoms with Crippen LogP contribution in [0.15, 0.2) is 35.1 Å². The third-order valence-electron chi connectivity index (χ3n) is 2.22. The van der Waals surface area contributed by atoms with Crippen molar-refractivity contribution < 1.29 is 4.92 Å². The van der Waals surface area contributed by atoms with E-state index < -0.39 is 4.92 Å². The normalized spacial score (nSPS) is 10.5. The molecule has 0 radical (unpaired) electrons. The van der Waals surface area contributed by atoms with Crippen molar-refractivity contribution >= 4 is 37.5 Å². The predicted octanol–water partition coefficient (Wildman–Crippen LogP) is 3.44. The average molecular weight is 361 g/mol. The summed E-state index contributed by atoms with van der Waals surface area (Å²) in [6.45, 7) is 0. The fraction of sp³-hybridized carbons (Fsp3) is 0.100. The molecular formula is C10H7Br2N3O2. The second-order valence-electron chi connectivity index (χ2n) is 3.31. The van der Waals surface area contributed by atoms with Gasteiger partial charge in [0.25, 0.3) is 5.69 Å². The van der Waals surface area contributed by atoms with Crippen LogP contribution in [0.2, 0.25) is 0 Å². The van der Waals surface area contributed by atoms with Crippen LogP contribution in [0, 0.1) is 10.1 Å². The SMILES string of the molecule is O=[N+]([O-])c1ccc(-n2cc(Br)cn2)c(CBr)c1. The Hall–Kier alpha value is -1.21. The van der Waals surface area contributed by atoms with Crippen molar-refractivity contribution in [3.8, 4) is 5.69 Å². The number of hydrogen-bond donors (Lipinski definition) is 0. The lowest BCUT2D eigenvalue weighted by Gasteiger charge is -2.06. The largest absolute Gasteiger partial charge is 0.269 e. The van der Waals surface area contributed by atoms with Crippen LogP contribution >= 0.6 is 31.9 Å². The molecule has 7 heteroatoms.